The predicted molar refractivity (Wildman–Crippen MR) is 149 cm³/mol. The number of hydrogen-bond donors (Lipinski definition) is 2. The number of alkyl halides is 1. The number of anilines is 1. The number of rotatable bonds is 10. The fraction of sp³-hybridized carbons (Fsp3) is 0.333. The summed E-state index contributed by atoms with van der Waals surface area (Å²) in [6.45, 7) is 1.55. The largest absolute Gasteiger partial charge is 0.497 e. The van der Waals surface area contributed by atoms with Crippen molar-refractivity contribution in [2.75, 3.05) is 26.1 Å². The Bertz CT molecular complexity index is 1650. The van der Waals surface area contributed by atoms with Crippen LogP contribution in [0.1, 0.15) is 17.4 Å². The third-order valence-electron chi connectivity index (χ3n) is 6.77. The Kier molecular flexibility index (Phi) is 8.34. The van der Waals surface area contributed by atoms with E-state index in [1.165, 1.54) is 29.2 Å². The van der Waals surface area contributed by atoms with Crippen LogP contribution >= 0.6 is 11.6 Å². The van der Waals surface area contributed by atoms with E-state index in [0.717, 1.165) is 11.1 Å². The van der Waals surface area contributed by atoms with Crippen LogP contribution in [0.25, 0.3) is 11.0 Å². The molecule has 1 aliphatic rings. The van der Waals surface area contributed by atoms with Gasteiger partial charge in [0, 0.05) is 24.4 Å². The van der Waals surface area contributed by atoms with Crippen molar-refractivity contribution in [2.24, 2.45) is 0 Å². The Balaban J connectivity index is 1.34. The summed E-state index contributed by atoms with van der Waals surface area (Å²) in [5.41, 5.74) is 1.95. The van der Waals surface area contributed by atoms with Gasteiger partial charge in [0.2, 0.25) is 0 Å². The number of halogens is 2. The summed E-state index contributed by atoms with van der Waals surface area (Å²) in [6, 6.07) is 11.5. The van der Waals surface area contributed by atoms with Gasteiger partial charge in [-0.1, -0.05) is 29.3 Å². The zero-order valence-corrected chi connectivity index (χ0v) is 23.9. The fourth-order valence-electron chi connectivity index (χ4n) is 4.54. The van der Waals surface area contributed by atoms with Gasteiger partial charge in [-0.3, -0.25) is 4.18 Å². The second-order valence-electron chi connectivity index (χ2n) is 9.39. The number of methoxy groups -OCH3 is 2. The molecule has 1 aliphatic heterocycles. The number of aliphatic hydroxyl groups is 1. The number of aryl methyl sites for hydroxylation is 1. The zero-order valence-electron chi connectivity index (χ0n) is 22.3. The molecule has 4 aromatic rings. The molecule has 41 heavy (non-hydrogen) atoms. The maximum absolute atomic E-state index is 15.3. The minimum atomic E-state index is -4.15. The van der Waals surface area contributed by atoms with Gasteiger partial charge in [0.15, 0.2) is 12.4 Å². The van der Waals surface area contributed by atoms with Crippen LogP contribution in [0, 0.1) is 6.92 Å². The molecule has 5 rings (SSSR count). The van der Waals surface area contributed by atoms with Crippen molar-refractivity contribution in [1.29, 1.82) is 0 Å². The molecule has 11 nitrogen and oxygen atoms in total. The molecule has 1 saturated heterocycles. The molecule has 0 aliphatic carbocycles. The summed E-state index contributed by atoms with van der Waals surface area (Å²) in [5.74, 6) is 1.64. The Labute approximate surface area is 240 Å². The number of nitrogens with zero attached hydrogens (tertiary/aromatic N) is 3. The van der Waals surface area contributed by atoms with E-state index >= 15 is 4.39 Å². The lowest BCUT2D eigenvalue weighted by molar-refractivity contribution is -0.0401. The summed E-state index contributed by atoms with van der Waals surface area (Å²) in [7, 11) is -1.03. The van der Waals surface area contributed by atoms with Crippen LogP contribution < -0.4 is 14.8 Å². The molecule has 3 heterocycles. The minimum Gasteiger partial charge on any atom is -0.497 e. The average Bonchev–Trinajstić information content (AvgIpc) is 3.46. The van der Waals surface area contributed by atoms with Crippen molar-refractivity contribution < 1.29 is 36.3 Å². The smallest absolute Gasteiger partial charge is 0.297 e. The van der Waals surface area contributed by atoms with Crippen molar-refractivity contribution in [2.45, 2.75) is 43.0 Å². The van der Waals surface area contributed by atoms with Crippen LogP contribution in [0.15, 0.2) is 59.9 Å². The topological polar surface area (TPSA) is 134 Å². The lowest BCUT2D eigenvalue weighted by Gasteiger charge is -2.16. The average molecular weight is 607 g/mol. The van der Waals surface area contributed by atoms with Crippen LogP contribution in [0.2, 0.25) is 5.02 Å². The first kappa shape index (κ1) is 29.0. The zero-order chi connectivity index (χ0) is 29.3. The molecule has 2 aromatic carbocycles. The SMILES string of the molecule is COc1ccc(CNc2ncnc3c2c(Cl)cn3[C@@H]2O[C@H](COS(=O)(=O)c3ccc(C)cc3)[C@@H](O)[C@@H]2F)c(OC)c1. The summed E-state index contributed by atoms with van der Waals surface area (Å²) in [4.78, 5) is 8.50. The van der Waals surface area contributed by atoms with Crippen LogP contribution in [-0.4, -0.2) is 67.3 Å². The van der Waals surface area contributed by atoms with Crippen molar-refractivity contribution in [3.63, 3.8) is 0 Å². The highest BCUT2D eigenvalue weighted by atomic mass is 35.5. The van der Waals surface area contributed by atoms with E-state index in [1.807, 2.05) is 13.0 Å². The fourth-order valence-corrected chi connectivity index (χ4v) is 5.74. The summed E-state index contributed by atoms with van der Waals surface area (Å²) >= 11 is 6.54. The first-order valence-electron chi connectivity index (χ1n) is 12.5. The molecular weight excluding hydrogens is 579 g/mol. The molecule has 0 spiro atoms. The molecular formula is C27H28ClFN4O7S. The minimum absolute atomic E-state index is 0.0592. The van der Waals surface area contributed by atoms with E-state index in [0.29, 0.717) is 29.2 Å². The monoisotopic (exact) mass is 606 g/mol. The molecule has 2 N–H and O–H groups in total. The lowest BCUT2D eigenvalue weighted by atomic mass is 10.1. The lowest BCUT2D eigenvalue weighted by Crippen LogP contribution is -2.32. The molecule has 218 valence electrons. The summed E-state index contributed by atoms with van der Waals surface area (Å²) in [5, 5.41) is 14.4. The van der Waals surface area contributed by atoms with E-state index in [1.54, 1.807) is 38.5 Å². The van der Waals surface area contributed by atoms with Crippen molar-refractivity contribution in [3.05, 3.63) is 71.1 Å². The molecule has 0 radical (unpaired) electrons. The van der Waals surface area contributed by atoms with E-state index in [2.05, 4.69) is 15.3 Å². The Morgan fingerprint density at radius 3 is 2.61 bits per heavy atom. The summed E-state index contributed by atoms with van der Waals surface area (Å²) in [6.07, 6.45) is -3.49. The third-order valence-corrected chi connectivity index (χ3v) is 8.35. The number of aliphatic hydroxyl groups excluding tert-OH is 1. The molecule has 2 aromatic heterocycles. The van der Waals surface area contributed by atoms with Crippen molar-refractivity contribution >= 4 is 38.6 Å². The number of fused-ring (bicyclic) bond motifs is 1. The molecule has 0 unspecified atom stereocenters. The highest BCUT2D eigenvalue weighted by Crippen LogP contribution is 2.38. The molecule has 0 bridgehead atoms. The molecule has 4 atom stereocenters. The van der Waals surface area contributed by atoms with Gasteiger partial charge < -0.3 is 29.2 Å². The normalized spacial score (nSPS) is 20.8. The van der Waals surface area contributed by atoms with Gasteiger partial charge in [0.05, 0.1) is 36.1 Å². The molecule has 14 heteroatoms. The predicted octanol–water partition coefficient (Wildman–Crippen LogP) is 4.02. The quantitative estimate of drug-likeness (QED) is 0.255. The van der Waals surface area contributed by atoms with Crippen LogP contribution in [-0.2, 0) is 25.6 Å². The summed E-state index contributed by atoms with van der Waals surface area (Å²) < 4.78 is 63.4. The molecule has 0 saturated carbocycles. The third kappa shape index (κ3) is 5.81. The highest BCUT2D eigenvalue weighted by molar-refractivity contribution is 7.86. The van der Waals surface area contributed by atoms with E-state index in [4.69, 9.17) is 30.0 Å². The van der Waals surface area contributed by atoms with Crippen LogP contribution in [0.5, 0.6) is 11.5 Å². The Hall–Kier alpha value is -3.49. The number of nitrogens with one attached hydrogen (secondary N) is 1. The number of benzene rings is 2. The van der Waals surface area contributed by atoms with E-state index < -0.39 is 41.3 Å². The Morgan fingerprint density at radius 1 is 1.15 bits per heavy atom. The van der Waals surface area contributed by atoms with Crippen molar-refractivity contribution in [3.8, 4) is 11.5 Å². The van der Waals surface area contributed by atoms with Crippen LogP contribution in [0.3, 0.4) is 0 Å². The van der Waals surface area contributed by atoms with Gasteiger partial charge in [-0.05, 0) is 31.2 Å². The van der Waals surface area contributed by atoms with Gasteiger partial charge in [-0.25, -0.2) is 14.4 Å². The maximum Gasteiger partial charge on any atom is 0.297 e. The van der Waals surface area contributed by atoms with E-state index in [9.17, 15) is 13.5 Å². The van der Waals surface area contributed by atoms with Crippen molar-refractivity contribution in [1.82, 2.24) is 14.5 Å². The van der Waals surface area contributed by atoms with Gasteiger partial charge in [-0.15, -0.1) is 0 Å². The van der Waals surface area contributed by atoms with Crippen LogP contribution in [0.4, 0.5) is 10.2 Å². The number of aromatic nitrogens is 3. The molecule has 1 fully saturated rings. The Morgan fingerprint density at radius 2 is 1.90 bits per heavy atom. The van der Waals surface area contributed by atoms with E-state index in [-0.39, 0.29) is 15.6 Å². The highest BCUT2D eigenvalue weighted by Gasteiger charge is 2.46. The maximum atomic E-state index is 15.3. The standard InChI is InChI=1S/C27H28ClFN4O7S/c1-15-4-8-18(9-5-15)41(35,36)39-13-21-24(34)23(29)27(40-21)33-12-19(28)22-25(31-14-32-26(22)33)30-11-16-6-7-17(37-2)10-20(16)38-3/h4-10,12,14,21,23-24,27,34H,11,13H2,1-3H3,(H,30,31,32)/t21-,23+,24-,27-/m1/s1. The van der Waals surface area contributed by atoms with Gasteiger partial charge in [0.25, 0.3) is 10.1 Å². The number of hydrogen-bond acceptors (Lipinski definition) is 10. The van der Waals surface area contributed by atoms with Gasteiger partial charge >= 0.3 is 0 Å². The van der Waals surface area contributed by atoms with Gasteiger partial charge in [-0.2, -0.15) is 8.42 Å². The first-order chi connectivity index (χ1) is 19.6. The molecule has 0 amide bonds. The second-order valence-corrected chi connectivity index (χ2v) is 11.4. The second kappa shape index (κ2) is 11.8. The first-order valence-corrected chi connectivity index (χ1v) is 14.3. The van der Waals surface area contributed by atoms with Gasteiger partial charge in [0.1, 0.15) is 41.5 Å². The number of ether oxygens (including phenoxy) is 3.